The highest BCUT2D eigenvalue weighted by Gasteiger charge is 2.14. The molecule has 2 aromatic carbocycles. The van der Waals surface area contributed by atoms with E-state index in [0.717, 1.165) is 0 Å². The average molecular weight is 374 g/mol. The summed E-state index contributed by atoms with van der Waals surface area (Å²) >= 11 is 0. The first-order chi connectivity index (χ1) is 13.0. The Hall–Kier alpha value is -3.60. The van der Waals surface area contributed by atoms with Gasteiger partial charge in [0.15, 0.2) is 11.5 Å². The van der Waals surface area contributed by atoms with E-state index < -0.39 is 12.5 Å². The normalized spacial score (nSPS) is 10.9. The molecule has 8 heteroatoms. The van der Waals surface area contributed by atoms with Gasteiger partial charge >= 0.3 is 6.61 Å². The van der Waals surface area contributed by atoms with Crippen LogP contribution in [0.4, 0.5) is 14.5 Å². The zero-order chi connectivity index (χ0) is 19.8. The molecule has 140 valence electrons. The molecule has 2 rings (SSSR count). The van der Waals surface area contributed by atoms with Crippen LogP contribution in [-0.4, -0.2) is 26.7 Å². The fourth-order valence-corrected chi connectivity index (χ4v) is 2.22. The van der Waals surface area contributed by atoms with Crippen LogP contribution >= 0.6 is 0 Å². The van der Waals surface area contributed by atoms with E-state index in [9.17, 15) is 18.8 Å². The molecular formula is C19H16F2N2O4. The van der Waals surface area contributed by atoms with Crippen LogP contribution in [0.15, 0.2) is 48.0 Å². The van der Waals surface area contributed by atoms with Crippen molar-refractivity contribution in [2.45, 2.75) is 6.61 Å². The first-order valence-electron chi connectivity index (χ1n) is 7.67. The number of methoxy groups -OCH3 is 2. The van der Waals surface area contributed by atoms with Gasteiger partial charge in [0.25, 0.3) is 5.91 Å². The van der Waals surface area contributed by atoms with Crippen LogP contribution in [-0.2, 0) is 4.79 Å². The van der Waals surface area contributed by atoms with Gasteiger partial charge in [-0.05, 0) is 24.3 Å². The number of rotatable bonds is 7. The Bertz CT molecular complexity index is 892. The minimum Gasteiger partial charge on any atom is -0.493 e. The number of anilines is 1. The van der Waals surface area contributed by atoms with Crippen molar-refractivity contribution in [1.82, 2.24) is 0 Å². The Morgan fingerprint density at radius 1 is 1.11 bits per heavy atom. The number of alkyl halides is 2. The summed E-state index contributed by atoms with van der Waals surface area (Å²) in [6.45, 7) is -3.02. The van der Waals surface area contributed by atoms with Crippen LogP contribution in [0.3, 0.4) is 0 Å². The Balaban J connectivity index is 2.27. The van der Waals surface area contributed by atoms with Gasteiger partial charge in [-0.1, -0.05) is 18.2 Å². The standard InChI is InChI=1S/C19H16F2N2O4/c1-25-16-8-7-14(10-17(16)26-2)23-18(24)13(11-22)9-12-5-3-4-6-15(12)27-19(20)21/h3-10,19H,1-2H3,(H,23,24). The minimum atomic E-state index is -3.02. The largest absolute Gasteiger partial charge is 0.493 e. The maximum absolute atomic E-state index is 12.5. The van der Waals surface area contributed by atoms with E-state index in [0.29, 0.717) is 17.2 Å². The molecule has 1 N–H and O–H groups in total. The summed E-state index contributed by atoms with van der Waals surface area (Å²) in [7, 11) is 2.93. The topological polar surface area (TPSA) is 80.6 Å². The Morgan fingerprint density at radius 3 is 2.44 bits per heavy atom. The number of ether oxygens (including phenoxy) is 3. The molecule has 0 radical (unpaired) electrons. The molecule has 0 atom stereocenters. The minimum absolute atomic E-state index is 0.140. The lowest BCUT2D eigenvalue weighted by Crippen LogP contribution is -2.13. The Morgan fingerprint density at radius 2 is 1.81 bits per heavy atom. The second kappa shape index (κ2) is 9.20. The van der Waals surface area contributed by atoms with Crippen molar-refractivity contribution in [2.75, 3.05) is 19.5 Å². The molecule has 0 fully saturated rings. The number of hydrogen-bond donors (Lipinski definition) is 1. The molecule has 6 nitrogen and oxygen atoms in total. The summed E-state index contributed by atoms with van der Waals surface area (Å²) in [5, 5.41) is 11.8. The van der Waals surface area contributed by atoms with E-state index >= 15 is 0 Å². The predicted octanol–water partition coefficient (Wildman–Crippen LogP) is 3.85. The lowest BCUT2D eigenvalue weighted by atomic mass is 10.1. The van der Waals surface area contributed by atoms with E-state index in [1.807, 2.05) is 0 Å². The summed E-state index contributed by atoms with van der Waals surface area (Å²) in [6.07, 6.45) is 1.17. The Kier molecular flexibility index (Phi) is 6.72. The first kappa shape index (κ1) is 19.7. The maximum atomic E-state index is 12.5. The van der Waals surface area contributed by atoms with Gasteiger partial charge in [-0.2, -0.15) is 14.0 Å². The van der Waals surface area contributed by atoms with Crippen molar-refractivity contribution < 1.29 is 27.8 Å². The molecule has 2 aromatic rings. The number of carbonyl (C=O) groups is 1. The molecule has 0 aliphatic rings. The van der Waals surface area contributed by atoms with E-state index in [1.165, 1.54) is 44.6 Å². The number of halogens is 2. The molecule has 27 heavy (non-hydrogen) atoms. The molecule has 1 amide bonds. The predicted molar refractivity (Wildman–Crippen MR) is 94.8 cm³/mol. The summed E-state index contributed by atoms with van der Waals surface area (Å²) in [4.78, 5) is 12.4. The van der Waals surface area contributed by atoms with Gasteiger partial charge in [-0.25, -0.2) is 0 Å². The van der Waals surface area contributed by atoms with Crippen molar-refractivity contribution in [3.05, 3.63) is 53.6 Å². The third-order valence-corrected chi connectivity index (χ3v) is 3.44. The summed E-state index contributed by atoms with van der Waals surface area (Å²) < 4.78 is 39.6. The number of benzene rings is 2. The van der Waals surface area contributed by atoms with Gasteiger partial charge in [0, 0.05) is 17.3 Å². The SMILES string of the molecule is COc1ccc(NC(=O)C(C#N)=Cc2ccccc2OC(F)F)cc1OC. The third-order valence-electron chi connectivity index (χ3n) is 3.44. The van der Waals surface area contributed by atoms with Crippen molar-refractivity contribution in [2.24, 2.45) is 0 Å². The number of hydrogen-bond acceptors (Lipinski definition) is 5. The Labute approximate surface area is 154 Å². The van der Waals surface area contributed by atoms with Crippen LogP contribution in [0.25, 0.3) is 6.08 Å². The third kappa shape index (κ3) is 5.19. The summed E-state index contributed by atoms with van der Waals surface area (Å²) in [5.74, 6) is 0.0221. The first-order valence-corrected chi connectivity index (χ1v) is 7.67. The number of nitrogens with one attached hydrogen (secondary N) is 1. The van der Waals surface area contributed by atoms with Gasteiger partial charge in [0.05, 0.1) is 14.2 Å². The number of amides is 1. The van der Waals surface area contributed by atoms with E-state index in [1.54, 1.807) is 24.3 Å². The van der Waals surface area contributed by atoms with E-state index in [4.69, 9.17) is 9.47 Å². The summed E-state index contributed by atoms with van der Waals surface area (Å²) in [6, 6.07) is 12.3. The van der Waals surface area contributed by atoms with Crippen LogP contribution in [0.1, 0.15) is 5.56 Å². The lowest BCUT2D eigenvalue weighted by Gasteiger charge is -2.11. The lowest BCUT2D eigenvalue weighted by molar-refractivity contribution is -0.112. The second-order valence-electron chi connectivity index (χ2n) is 5.11. The molecule has 0 spiro atoms. The molecule has 0 unspecified atom stereocenters. The molecule has 0 saturated carbocycles. The van der Waals surface area contributed by atoms with Crippen LogP contribution in [0, 0.1) is 11.3 Å². The number of nitrogens with zero attached hydrogens (tertiary/aromatic N) is 1. The fourth-order valence-electron chi connectivity index (χ4n) is 2.22. The van der Waals surface area contributed by atoms with Gasteiger partial charge in [-0.3, -0.25) is 4.79 Å². The fraction of sp³-hybridized carbons (Fsp3) is 0.158. The van der Waals surface area contributed by atoms with Gasteiger partial charge in [-0.15, -0.1) is 0 Å². The van der Waals surface area contributed by atoms with Gasteiger partial charge in [0.1, 0.15) is 17.4 Å². The quantitative estimate of drug-likeness (QED) is 0.588. The highest BCUT2D eigenvalue weighted by atomic mass is 19.3. The molecule has 0 saturated heterocycles. The van der Waals surface area contributed by atoms with Gasteiger partial charge in [0.2, 0.25) is 0 Å². The van der Waals surface area contributed by atoms with Crippen molar-refractivity contribution >= 4 is 17.7 Å². The van der Waals surface area contributed by atoms with Crippen molar-refractivity contribution in [3.63, 3.8) is 0 Å². The van der Waals surface area contributed by atoms with E-state index in [2.05, 4.69) is 10.1 Å². The number of nitriles is 1. The van der Waals surface area contributed by atoms with Crippen molar-refractivity contribution in [1.29, 1.82) is 5.26 Å². The molecule has 0 aliphatic heterocycles. The molecule has 0 aromatic heterocycles. The van der Waals surface area contributed by atoms with Crippen LogP contribution in [0.5, 0.6) is 17.2 Å². The maximum Gasteiger partial charge on any atom is 0.387 e. The highest BCUT2D eigenvalue weighted by Crippen LogP contribution is 2.30. The zero-order valence-corrected chi connectivity index (χ0v) is 14.5. The van der Waals surface area contributed by atoms with Crippen LogP contribution < -0.4 is 19.5 Å². The van der Waals surface area contributed by atoms with Gasteiger partial charge < -0.3 is 19.5 Å². The monoisotopic (exact) mass is 374 g/mol. The number of carbonyl (C=O) groups excluding carboxylic acids is 1. The smallest absolute Gasteiger partial charge is 0.387 e. The highest BCUT2D eigenvalue weighted by molar-refractivity contribution is 6.09. The molecule has 0 aliphatic carbocycles. The average Bonchev–Trinajstić information content (AvgIpc) is 2.66. The zero-order valence-electron chi connectivity index (χ0n) is 14.5. The number of para-hydroxylation sites is 1. The molecule has 0 heterocycles. The molecule has 0 bridgehead atoms. The second-order valence-corrected chi connectivity index (χ2v) is 5.11. The van der Waals surface area contributed by atoms with E-state index in [-0.39, 0.29) is 16.9 Å². The van der Waals surface area contributed by atoms with Crippen LogP contribution in [0.2, 0.25) is 0 Å². The van der Waals surface area contributed by atoms with Crippen molar-refractivity contribution in [3.8, 4) is 23.3 Å². The molecular weight excluding hydrogens is 358 g/mol. The summed E-state index contributed by atoms with van der Waals surface area (Å²) in [5.41, 5.74) is 0.267.